The van der Waals surface area contributed by atoms with Gasteiger partial charge in [-0.25, -0.2) is 0 Å². The van der Waals surface area contributed by atoms with Gasteiger partial charge in [0.05, 0.1) is 18.3 Å². The molecule has 2 heterocycles. The Kier molecular flexibility index (Phi) is 4.36. The summed E-state index contributed by atoms with van der Waals surface area (Å²) in [5, 5.41) is 9.51. The van der Waals surface area contributed by atoms with Crippen LogP contribution in [0, 0.1) is 0 Å². The van der Waals surface area contributed by atoms with E-state index in [0.717, 1.165) is 45.7 Å². The lowest BCUT2D eigenvalue weighted by Gasteiger charge is -2.47. The normalized spacial score (nSPS) is 26.8. The maximum absolute atomic E-state index is 9.51. The van der Waals surface area contributed by atoms with Gasteiger partial charge in [-0.15, -0.1) is 0 Å². The van der Waals surface area contributed by atoms with Gasteiger partial charge in [0.25, 0.3) is 0 Å². The van der Waals surface area contributed by atoms with E-state index in [2.05, 4.69) is 29.2 Å². The predicted molar refractivity (Wildman–Crippen MR) is 76.5 cm³/mol. The summed E-state index contributed by atoms with van der Waals surface area (Å²) < 4.78 is 11.6. The van der Waals surface area contributed by atoms with Gasteiger partial charge in [-0.2, -0.15) is 0 Å². The molecule has 2 aliphatic heterocycles. The van der Waals surface area contributed by atoms with E-state index in [0.29, 0.717) is 0 Å². The molecule has 110 valence electrons. The summed E-state index contributed by atoms with van der Waals surface area (Å²) in [6.07, 6.45) is 1.77. The summed E-state index contributed by atoms with van der Waals surface area (Å²) in [6, 6.07) is 10.5. The molecule has 1 spiro atoms. The van der Waals surface area contributed by atoms with E-state index in [1.807, 2.05) is 6.07 Å². The van der Waals surface area contributed by atoms with Crippen LogP contribution in [0.2, 0.25) is 0 Å². The second kappa shape index (κ2) is 6.22. The Morgan fingerprint density at radius 3 is 2.65 bits per heavy atom. The maximum atomic E-state index is 9.51. The SMILES string of the molecule is OC[C@@H]1CN(Cc2ccccc2)CC2(CCOCC2)O1. The average Bonchev–Trinajstić information content (AvgIpc) is 2.48. The predicted octanol–water partition coefficient (Wildman–Crippen LogP) is 1.43. The lowest BCUT2D eigenvalue weighted by molar-refractivity contribution is -0.198. The minimum absolute atomic E-state index is 0.0782. The van der Waals surface area contributed by atoms with Crippen molar-refractivity contribution < 1.29 is 14.6 Å². The van der Waals surface area contributed by atoms with Gasteiger partial charge in [0, 0.05) is 45.7 Å². The van der Waals surface area contributed by atoms with Crippen molar-refractivity contribution in [2.75, 3.05) is 32.9 Å². The molecule has 2 aliphatic rings. The molecule has 20 heavy (non-hydrogen) atoms. The first-order chi connectivity index (χ1) is 9.80. The van der Waals surface area contributed by atoms with Gasteiger partial charge < -0.3 is 14.6 Å². The molecule has 1 atom stereocenters. The van der Waals surface area contributed by atoms with Crippen molar-refractivity contribution in [3.05, 3.63) is 35.9 Å². The maximum Gasteiger partial charge on any atom is 0.0940 e. The fourth-order valence-corrected chi connectivity index (χ4v) is 3.26. The summed E-state index contributed by atoms with van der Waals surface area (Å²) >= 11 is 0. The minimum atomic E-state index is -0.126. The molecule has 0 aromatic heterocycles. The monoisotopic (exact) mass is 277 g/mol. The van der Waals surface area contributed by atoms with Crippen LogP contribution in [0.4, 0.5) is 0 Å². The largest absolute Gasteiger partial charge is 0.394 e. The third-order valence-electron chi connectivity index (χ3n) is 4.25. The molecule has 0 radical (unpaired) electrons. The third kappa shape index (κ3) is 3.20. The van der Waals surface area contributed by atoms with Crippen molar-refractivity contribution >= 4 is 0 Å². The molecular formula is C16H23NO3. The van der Waals surface area contributed by atoms with Gasteiger partial charge in [-0.3, -0.25) is 4.90 Å². The van der Waals surface area contributed by atoms with Crippen molar-refractivity contribution in [2.24, 2.45) is 0 Å². The summed E-state index contributed by atoms with van der Waals surface area (Å²) in [5.41, 5.74) is 1.19. The number of rotatable bonds is 3. The van der Waals surface area contributed by atoms with Crippen molar-refractivity contribution in [2.45, 2.75) is 31.1 Å². The van der Waals surface area contributed by atoms with Crippen LogP contribution in [0.15, 0.2) is 30.3 Å². The number of aliphatic hydroxyl groups excluding tert-OH is 1. The van der Waals surface area contributed by atoms with E-state index >= 15 is 0 Å². The van der Waals surface area contributed by atoms with Gasteiger partial charge in [0.1, 0.15) is 0 Å². The second-order valence-electron chi connectivity index (χ2n) is 5.87. The number of aliphatic hydroxyl groups is 1. The molecular weight excluding hydrogens is 254 g/mol. The van der Waals surface area contributed by atoms with Gasteiger partial charge in [-0.05, 0) is 5.56 Å². The van der Waals surface area contributed by atoms with Crippen LogP contribution >= 0.6 is 0 Å². The highest BCUT2D eigenvalue weighted by atomic mass is 16.5. The lowest BCUT2D eigenvalue weighted by atomic mass is 9.91. The molecule has 0 aliphatic carbocycles. The first-order valence-corrected chi connectivity index (χ1v) is 7.42. The van der Waals surface area contributed by atoms with Crippen LogP contribution < -0.4 is 0 Å². The third-order valence-corrected chi connectivity index (χ3v) is 4.25. The molecule has 0 amide bonds. The highest BCUT2D eigenvalue weighted by molar-refractivity contribution is 5.14. The summed E-state index contributed by atoms with van der Waals surface area (Å²) in [7, 11) is 0. The van der Waals surface area contributed by atoms with Crippen LogP contribution in [-0.2, 0) is 16.0 Å². The molecule has 0 bridgehead atoms. The van der Waals surface area contributed by atoms with Crippen LogP contribution in [0.25, 0.3) is 0 Å². The van der Waals surface area contributed by atoms with Crippen molar-refractivity contribution in [3.8, 4) is 0 Å². The molecule has 1 aromatic rings. The quantitative estimate of drug-likeness (QED) is 0.907. The van der Waals surface area contributed by atoms with E-state index in [1.165, 1.54) is 5.56 Å². The second-order valence-corrected chi connectivity index (χ2v) is 5.87. The van der Waals surface area contributed by atoms with E-state index in [9.17, 15) is 5.11 Å². The smallest absolute Gasteiger partial charge is 0.0940 e. The summed E-state index contributed by atoms with van der Waals surface area (Å²) in [5.74, 6) is 0. The first kappa shape index (κ1) is 14.0. The summed E-state index contributed by atoms with van der Waals surface area (Å²) in [6.45, 7) is 4.27. The standard InChI is InChI=1S/C16H23NO3/c18-12-15-11-17(10-14-4-2-1-3-5-14)13-16(20-15)6-8-19-9-7-16/h1-5,15,18H,6-13H2/t15-/m0/s1. The Hall–Kier alpha value is -0.940. The van der Waals surface area contributed by atoms with Crippen LogP contribution in [0.3, 0.4) is 0 Å². The molecule has 4 nitrogen and oxygen atoms in total. The fraction of sp³-hybridized carbons (Fsp3) is 0.625. The Morgan fingerprint density at radius 1 is 1.20 bits per heavy atom. The zero-order valence-corrected chi connectivity index (χ0v) is 11.8. The Morgan fingerprint density at radius 2 is 1.95 bits per heavy atom. The topological polar surface area (TPSA) is 41.9 Å². The molecule has 2 saturated heterocycles. The number of hydrogen-bond donors (Lipinski definition) is 1. The van der Waals surface area contributed by atoms with Crippen LogP contribution in [0.1, 0.15) is 18.4 Å². The van der Waals surface area contributed by atoms with Gasteiger partial charge in [-0.1, -0.05) is 30.3 Å². The van der Waals surface area contributed by atoms with E-state index < -0.39 is 0 Å². The molecule has 2 fully saturated rings. The highest BCUT2D eigenvalue weighted by Crippen LogP contribution is 2.32. The van der Waals surface area contributed by atoms with Crippen LogP contribution in [-0.4, -0.2) is 54.6 Å². The van der Waals surface area contributed by atoms with E-state index in [4.69, 9.17) is 9.47 Å². The molecule has 0 saturated carbocycles. The molecule has 1 aromatic carbocycles. The number of benzene rings is 1. The van der Waals surface area contributed by atoms with E-state index in [1.54, 1.807) is 0 Å². The first-order valence-electron chi connectivity index (χ1n) is 7.42. The molecule has 4 heteroatoms. The van der Waals surface area contributed by atoms with Crippen molar-refractivity contribution in [1.82, 2.24) is 4.90 Å². The number of morpholine rings is 1. The highest BCUT2D eigenvalue weighted by Gasteiger charge is 2.41. The number of hydrogen-bond acceptors (Lipinski definition) is 4. The number of ether oxygens (including phenoxy) is 2. The molecule has 1 N–H and O–H groups in total. The van der Waals surface area contributed by atoms with Crippen LogP contribution in [0.5, 0.6) is 0 Å². The Labute approximate surface area is 120 Å². The van der Waals surface area contributed by atoms with Gasteiger partial charge in [0.2, 0.25) is 0 Å². The molecule has 3 rings (SSSR count). The van der Waals surface area contributed by atoms with Gasteiger partial charge in [0.15, 0.2) is 0 Å². The lowest BCUT2D eigenvalue weighted by Crippen LogP contribution is -2.58. The average molecular weight is 277 g/mol. The van der Waals surface area contributed by atoms with Gasteiger partial charge >= 0.3 is 0 Å². The van der Waals surface area contributed by atoms with E-state index in [-0.39, 0.29) is 18.3 Å². The Bertz CT molecular complexity index is 417. The Balaban J connectivity index is 1.70. The summed E-state index contributed by atoms with van der Waals surface area (Å²) in [4.78, 5) is 2.41. The zero-order chi connectivity index (χ0) is 13.8. The van der Waals surface area contributed by atoms with Crippen molar-refractivity contribution in [1.29, 1.82) is 0 Å². The number of nitrogens with zero attached hydrogens (tertiary/aromatic N) is 1. The fourth-order valence-electron chi connectivity index (χ4n) is 3.26. The molecule has 0 unspecified atom stereocenters. The van der Waals surface area contributed by atoms with Crippen molar-refractivity contribution in [3.63, 3.8) is 0 Å². The zero-order valence-electron chi connectivity index (χ0n) is 11.8. The minimum Gasteiger partial charge on any atom is -0.394 e.